The van der Waals surface area contributed by atoms with Gasteiger partial charge in [-0.15, -0.1) is 11.8 Å². The summed E-state index contributed by atoms with van der Waals surface area (Å²) in [5, 5.41) is 0. The molecule has 156 valence electrons. The van der Waals surface area contributed by atoms with Crippen LogP contribution in [0.1, 0.15) is 47.8 Å². The second-order valence-electron chi connectivity index (χ2n) is 8.03. The van der Waals surface area contributed by atoms with Crippen LogP contribution in [0.5, 0.6) is 0 Å². The summed E-state index contributed by atoms with van der Waals surface area (Å²) in [5.74, 6) is 2.10. The molecule has 0 bridgehead atoms. The molecule has 3 heterocycles. The number of oxazole rings is 1. The zero-order chi connectivity index (χ0) is 20.3. The molecule has 1 amide bonds. The summed E-state index contributed by atoms with van der Waals surface area (Å²) in [4.78, 5) is 20.9. The van der Waals surface area contributed by atoms with E-state index in [2.05, 4.69) is 11.1 Å². The maximum atomic E-state index is 13.2. The zero-order valence-electron chi connectivity index (χ0n) is 17.0. The number of piperidine rings is 1. The number of carbonyl (C=O) groups is 1. The first kappa shape index (κ1) is 19.6. The van der Waals surface area contributed by atoms with Gasteiger partial charge < -0.3 is 14.1 Å². The van der Waals surface area contributed by atoms with Gasteiger partial charge in [0.05, 0.1) is 11.7 Å². The highest BCUT2D eigenvalue weighted by molar-refractivity contribution is 7.99. The summed E-state index contributed by atoms with van der Waals surface area (Å²) in [5.41, 5.74) is 2.55. The standard InChI is InChI=1S/C24H26N2O3S/c27-24(19-7-1-4-10-22(19)30-16-18-6-5-15-28-18)26-13-11-17(12-14-26)23-25-20-8-2-3-9-21(20)29-23/h1-4,7-10,17-18H,5-6,11-16H2. The Labute approximate surface area is 180 Å². The molecular weight excluding hydrogens is 396 g/mol. The lowest BCUT2D eigenvalue weighted by molar-refractivity contribution is 0.0703. The van der Waals surface area contributed by atoms with Crippen molar-refractivity contribution >= 4 is 28.8 Å². The third kappa shape index (κ3) is 4.12. The number of thioether (sulfide) groups is 1. The number of rotatable bonds is 5. The van der Waals surface area contributed by atoms with Crippen molar-refractivity contribution in [1.29, 1.82) is 0 Å². The summed E-state index contributed by atoms with van der Waals surface area (Å²) >= 11 is 1.74. The Morgan fingerprint density at radius 3 is 2.67 bits per heavy atom. The number of para-hydroxylation sites is 2. The highest BCUT2D eigenvalue weighted by Crippen LogP contribution is 2.32. The number of nitrogens with zero attached hydrogens (tertiary/aromatic N) is 2. The van der Waals surface area contributed by atoms with Crippen molar-refractivity contribution in [3.05, 3.63) is 60.0 Å². The predicted octanol–water partition coefficient (Wildman–Crippen LogP) is 5.12. The van der Waals surface area contributed by atoms with Crippen LogP contribution >= 0.6 is 11.8 Å². The van der Waals surface area contributed by atoms with E-state index in [0.29, 0.717) is 6.10 Å². The minimum Gasteiger partial charge on any atom is -0.440 e. The van der Waals surface area contributed by atoms with Gasteiger partial charge in [-0.3, -0.25) is 4.79 Å². The normalized spacial score (nSPS) is 20.1. The van der Waals surface area contributed by atoms with Crippen LogP contribution in [0.25, 0.3) is 11.1 Å². The average molecular weight is 423 g/mol. The number of carbonyl (C=O) groups excluding carboxylic acids is 1. The van der Waals surface area contributed by atoms with Crippen molar-refractivity contribution in [2.75, 3.05) is 25.4 Å². The Morgan fingerprint density at radius 1 is 1.07 bits per heavy atom. The van der Waals surface area contributed by atoms with Crippen molar-refractivity contribution in [3.63, 3.8) is 0 Å². The number of amides is 1. The monoisotopic (exact) mass is 422 g/mol. The Morgan fingerprint density at radius 2 is 1.87 bits per heavy atom. The number of aromatic nitrogens is 1. The van der Waals surface area contributed by atoms with Gasteiger partial charge in [-0.1, -0.05) is 24.3 Å². The van der Waals surface area contributed by atoms with Gasteiger partial charge in [0.1, 0.15) is 5.52 Å². The molecule has 1 unspecified atom stereocenters. The SMILES string of the molecule is O=C(c1ccccc1SCC1CCCO1)N1CCC(c2nc3ccccc3o2)CC1. The second kappa shape index (κ2) is 8.82. The number of likely N-dealkylation sites (tertiary alicyclic amines) is 1. The second-order valence-corrected chi connectivity index (χ2v) is 9.09. The lowest BCUT2D eigenvalue weighted by Crippen LogP contribution is -2.38. The summed E-state index contributed by atoms with van der Waals surface area (Å²) in [6, 6.07) is 15.8. The largest absolute Gasteiger partial charge is 0.440 e. The van der Waals surface area contributed by atoms with Crippen LogP contribution in [0.2, 0.25) is 0 Å². The molecule has 2 aromatic carbocycles. The van der Waals surface area contributed by atoms with Gasteiger partial charge in [-0.2, -0.15) is 0 Å². The molecule has 0 aliphatic carbocycles. The van der Waals surface area contributed by atoms with Gasteiger partial charge in [-0.05, 0) is 49.9 Å². The molecule has 5 nitrogen and oxygen atoms in total. The van der Waals surface area contributed by atoms with E-state index in [1.54, 1.807) is 11.8 Å². The lowest BCUT2D eigenvalue weighted by Gasteiger charge is -2.31. The van der Waals surface area contributed by atoms with E-state index in [9.17, 15) is 4.79 Å². The minimum absolute atomic E-state index is 0.126. The van der Waals surface area contributed by atoms with Crippen molar-refractivity contribution in [3.8, 4) is 0 Å². The smallest absolute Gasteiger partial charge is 0.254 e. The van der Waals surface area contributed by atoms with Crippen LogP contribution in [-0.4, -0.2) is 47.3 Å². The molecule has 5 rings (SSSR count). The molecule has 2 aliphatic heterocycles. The predicted molar refractivity (Wildman–Crippen MR) is 118 cm³/mol. The van der Waals surface area contributed by atoms with E-state index in [1.807, 2.05) is 47.4 Å². The van der Waals surface area contributed by atoms with Gasteiger partial charge in [-0.25, -0.2) is 4.98 Å². The van der Waals surface area contributed by atoms with Gasteiger partial charge in [0.2, 0.25) is 0 Å². The molecular formula is C24H26N2O3S. The Bertz CT molecular complexity index is 987. The number of fused-ring (bicyclic) bond motifs is 1. The molecule has 0 N–H and O–H groups in total. The van der Waals surface area contributed by atoms with Crippen molar-refractivity contribution in [2.24, 2.45) is 0 Å². The molecule has 0 spiro atoms. The maximum Gasteiger partial charge on any atom is 0.254 e. The summed E-state index contributed by atoms with van der Waals surface area (Å²) < 4.78 is 11.7. The van der Waals surface area contributed by atoms with Gasteiger partial charge in [0.15, 0.2) is 11.5 Å². The Kier molecular flexibility index (Phi) is 5.77. The van der Waals surface area contributed by atoms with Crippen LogP contribution in [0.4, 0.5) is 0 Å². The minimum atomic E-state index is 0.126. The molecule has 6 heteroatoms. The summed E-state index contributed by atoms with van der Waals surface area (Å²) in [6.07, 6.45) is 4.33. The topological polar surface area (TPSA) is 55.6 Å². The number of hydrogen-bond donors (Lipinski definition) is 0. The number of hydrogen-bond acceptors (Lipinski definition) is 5. The molecule has 1 aromatic heterocycles. The first-order valence-electron chi connectivity index (χ1n) is 10.8. The van der Waals surface area contributed by atoms with E-state index in [0.717, 1.165) is 78.6 Å². The molecule has 0 saturated carbocycles. The van der Waals surface area contributed by atoms with Crippen LogP contribution in [0.3, 0.4) is 0 Å². The van der Waals surface area contributed by atoms with Gasteiger partial charge in [0, 0.05) is 36.3 Å². The average Bonchev–Trinajstić information content (AvgIpc) is 3.47. The molecule has 30 heavy (non-hydrogen) atoms. The summed E-state index contributed by atoms with van der Waals surface area (Å²) in [7, 11) is 0. The fraction of sp³-hybridized carbons (Fsp3) is 0.417. The van der Waals surface area contributed by atoms with Crippen LogP contribution in [-0.2, 0) is 4.74 Å². The Hall–Kier alpha value is -2.31. The van der Waals surface area contributed by atoms with Crippen LogP contribution in [0, 0.1) is 0 Å². The fourth-order valence-electron chi connectivity index (χ4n) is 4.29. The molecule has 2 fully saturated rings. The lowest BCUT2D eigenvalue weighted by atomic mass is 9.96. The third-order valence-electron chi connectivity index (χ3n) is 6.01. The van der Waals surface area contributed by atoms with E-state index in [-0.39, 0.29) is 11.8 Å². The van der Waals surface area contributed by atoms with Crippen molar-refractivity contribution in [2.45, 2.75) is 42.6 Å². The number of ether oxygens (including phenoxy) is 1. The van der Waals surface area contributed by atoms with Gasteiger partial charge >= 0.3 is 0 Å². The van der Waals surface area contributed by atoms with E-state index in [1.165, 1.54) is 0 Å². The first-order chi connectivity index (χ1) is 14.8. The number of benzene rings is 2. The van der Waals surface area contributed by atoms with Crippen molar-refractivity contribution < 1.29 is 13.9 Å². The van der Waals surface area contributed by atoms with E-state index in [4.69, 9.17) is 9.15 Å². The summed E-state index contributed by atoms with van der Waals surface area (Å²) in [6.45, 7) is 2.32. The Balaban J connectivity index is 1.23. The molecule has 2 saturated heterocycles. The molecule has 1 atom stereocenters. The fourth-order valence-corrected chi connectivity index (χ4v) is 5.41. The molecule has 2 aliphatic rings. The molecule has 3 aromatic rings. The van der Waals surface area contributed by atoms with E-state index < -0.39 is 0 Å². The molecule has 0 radical (unpaired) electrons. The van der Waals surface area contributed by atoms with Gasteiger partial charge in [0.25, 0.3) is 5.91 Å². The van der Waals surface area contributed by atoms with Crippen LogP contribution < -0.4 is 0 Å². The zero-order valence-corrected chi connectivity index (χ0v) is 17.8. The quantitative estimate of drug-likeness (QED) is 0.534. The van der Waals surface area contributed by atoms with E-state index >= 15 is 0 Å². The maximum absolute atomic E-state index is 13.2. The van der Waals surface area contributed by atoms with Crippen LogP contribution in [0.15, 0.2) is 57.8 Å². The highest BCUT2D eigenvalue weighted by atomic mass is 32.2. The highest BCUT2D eigenvalue weighted by Gasteiger charge is 2.28. The van der Waals surface area contributed by atoms with Crippen molar-refractivity contribution in [1.82, 2.24) is 9.88 Å². The third-order valence-corrected chi connectivity index (χ3v) is 7.21. The first-order valence-corrected chi connectivity index (χ1v) is 11.7.